The molecule has 4 heteroatoms. The zero-order chi connectivity index (χ0) is 14.0. The molecule has 2 amide bonds. The fraction of sp³-hybridized carbons (Fsp3) is 0.467. The van der Waals surface area contributed by atoms with Gasteiger partial charge in [-0.05, 0) is 45.7 Å². The Morgan fingerprint density at radius 3 is 2.37 bits per heavy atom. The fourth-order valence-corrected chi connectivity index (χ4v) is 1.78. The van der Waals surface area contributed by atoms with Crippen LogP contribution in [0.25, 0.3) is 0 Å². The summed E-state index contributed by atoms with van der Waals surface area (Å²) < 4.78 is 0. The molecule has 0 unspecified atom stereocenters. The number of carbonyl (C=O) groups excluding carboxylic acids is 2. The molecular formula is C15H20N2O2. The highest BCUT2D eigenvalue weighted by Gasteiger charge is 2.30. The zero-order valence-corrected chi connectivity index (χ0v) is 11.6. The predicted molar refractivity (Wildman–Crippen MR) is 75.0 cm³/mol. The van der Waals surface area contributed by atoms with Crippen molar-refractivity contribution in [2.75, 3.05) is 5.32 Å². The van der Waals surface area contributed by atoms with E-state index in [1.807, 2.05) is 26.8 Å². The molecule has 102 valence electrons. The van der Waals surface area contributed by atoms with Crippen molar-refractivity contribution in [3.63, 3.8) is 0 Å². The van der Waals surface area contributed by atoms with Gasteiger partial charge < -0.3 is 10.6 Å². The predicted octanol–water partition coefficient (Wildman–Crippen LogP) is 2.56. The first-order valence-corrected chi connectivity index (χ1v) is 6.59. The van der Waals surface area contributed by atoms with Gasteiger partial charge in [0.25, 0.3) is 5.91 Å². The van der Waals surface area contributed by atoms with Gasteiger partial charge in [-0.25, -0.2) is 0 Å². The molecule has 0 bridgehead atoms. The molecule has 1 aromatic rings. The monoisotopic (exact) mass is 260 g/mol. The lowest BCUT2D eigenvalue weighted by molar-refractivity contribution is -0.117. The molecule has 4 nitrogen and oxygen atoms in total. The number of hydrogen-bond acceptors (Lipinski definition) is 2. The van der Waals surface area contributed by atoms with E-state index in [4.69, 9.17) is 0 Å². The maximum atomic E-state index is 12.2. The molecular weight excluding hydrogens is 240 g/mol. The van der Waals surface area contributed by atoms with Gasteiger partial charge in [-0.15, -0.1) is 0 Å². The minimum absolute atomic E-state index is 0.0102. The Kier molecular flexibility index (Phi) is 3.60. The summed E-state index contributed by atoms with van der Waals surface area (Å²) in [6.45, 7) is 5.78. The van der Waals surface area contributed by atoms with Gasteiger partial charge in [0.15, 0.2) is 0 Å². The van der Waals surface area contributed by atoms with Crippen LogP contribution in [0.5, 0.6) is 0 Å². The van der Waals surface area contributed by atoms with Crippen LogP contribution in [-0.2, 0) is 4.79 Å². The highest BCUT2D eigenvalue weighted by Crippen LogP contribution is 2.30. The van der Waals surface area contributed by atoms with Crippen LogP contribution in [0.3, 0.4) is 0 Å². The van der Waals surface area contributed by atoms with Gasteiger partial charge in [-0.3, -0.25) is 9.59 Å². The summed E-state index contributed by atoms with van der Waals surface area (Å²) in [5.74, 6) is -0.0334. The maximum Gasteiger partial charge on any atom is 0.253 e. The van der Waals surface area contributed by atoms with Gasteiger partial charge in [-0.2, -0.15) is 0 Å². The second kappa shape index (κ2) is 5.03. The van der Waals surface area contributed by atoms with E-state index in [-0.39, 0.29) is 23.3 Å². The molecule has 1 aliphatic carbocycles. The van der Waals surface area contributed by atoms with Gasteiger partial charge in [0.2, 0.25) is 5.91 Å². The second-order valence-electron chi connectivity index (χ2n) is 6.01. The largest absolute Gasteiger partial charge is 0.347 e. The Morgan fingerprint density at radius 2 is 1.79 bits per heavy atom. The summed E-state index contributed by atoms with van der Waals surface area (Å²) in [6.07, 6.45) is 1.89. The molecule has 1 aromatic carbocycles. The lowest BCUT2D eigenvalue weighted by atomic mass is 10.1. The average Bonchev–Trinajstić information content (AvgIpc) is 3.10. The minimum atomic E-state index is -0.301. The Hall–Kier alpha value is -1.84. The molecule has 0 radical (unpaired) electrons. The standard InChI is InChI=1S/C15H20N2O2/c1-15(2,3)17-14(19)11-6-4-5-7-12(11)16-13(18)10-8-9-10/h4-7,10H,8-9H2,1-3H3,(H,16,18)(H,17,19). The van der Waals surface area contributed by atoms with E-state index in [0.717, 1.165) is 12.8 Å². The van der Waals surface area contributed by atoms with Crippen LogP contribution in [0.4, 0.5) is 5.69 Å². The molecule has 0 atom stereocenters. The molecule has 0 heterocycles. The van der Waals surface area contributed by atoms with E-state index in [2.05, 4.69) is 10.6 Å². The highest BCUT2D eigenvalue weighted by atomic mass is 16.2. The lowest BCUT2D eigenvalue weighted by Gasteiger charge is -2.21. The summed E-state index contributed by atoms with van der Waals surface area (Å²) in [7, 11) is 0. The second-order valence-corrected chi connectivity index (χ2v) is 6.01. The molecule has 0 spiro atoms. The first kappa shape index (κ1) is 13.6. The third kappa shape index (κ3) is 3.81. The highest BCUT2D eigenvalue weighted by molar-refractivity contribution is 6.04. The lowest BCUT2D eigenvalue weighted by Crippen LogP contribution is -2.40. The summed E-state index contributed by atoms with van der Waals surface area (Å²) in [5.41, 5.74) is 0.789. The Labute approximate surface area is 113 Å². The molecule has 19 heavy (non-hydrogen) atoms. The summed E-state index contributed by atoms with van der Waals surface area (Å²) in [5, 5.41) is 5.74. The number of amides is 2. The van der Waals surface area contributed by atoms with Crippen LogP contribution in [-0.4, -0.2) is 17.4 Å². The summed E-state index contributed by atoms with van der Waals surface area (Å²) in [4.78, 5) is 24.0. The van der Waals surface area contributed by atoms with Crippen molar-refractivity contribution in [1.82, 2.24) is 5.32 Å². The number of rotatable bonds is 3. The van der Waals surface area contributed by atoms with Crippen LogP contribution in [0.1, 0.15) is 44.0 Å². The van der Waals surface area contributed by atoms with E-state index in [1.54, 1.807) is 18.2 Å². The van der Waals surface area contributed by atoms with E-state index in [0.29, 0.717) is 11.3 Å². The van der Waals surface area contributed by atoms with Crippen molar-refractivity contribution in [2.24, 2.45) is 5.92 Å². The quantitative estimate of drug-likeness (QED) is 0.877. The first-order valence-electron chi connectivity index (χ1n) is 6.59. The fourth-order valence-electron chi connectivity index (χ4n) is 1.78. The first-order chi connectivity index (χ1) is 8.87. The van der Waals surface area contributed by atoms with Crippen molar-refractivity contribution in [3.05, 3.63) is 29.8 Å². The van der Waals surface area contributed by atoms with Gasteiger partial charge >= 0.3 is 0 Å². The van der Waals surface area contributed by atoms with Crippen LogP contribution in [0.2, 0.25) is 0 Å². The molecule has 0 aromatic heterocycles. The number of carbonyl (C=O) groups is 2. The number of hydrogen-bond donors (Lipinski definition) is 2. The number of anilines is 1. The number of nitrogens with one attached hydrogen (secondary N) is 2. The molecule has 2 rings (SSSR count). The minimum Gasteiger partial charge on any atom is -0.347 e. The molecule has 2 N–H and O–H groups in total. The molecule has 1 saturated carbocycles. The van der Waals surface area contributed by atoms with Gasteiger partial charge in [0.05, 0.1) is 11.3 Å². The van der Waals surface area contributed by atoms with Crippen LogP contribution in [0.15, 0.2) is 24.3 Å². The van der Waals surface area contributed by atoms with Gasteiger partial charge in [0.1, 0.15) is 0 Å². The topological polar surface area (TPSA) is 58.2 Å². The van der Waals surface area contributed by atoms with E-state index in [1.165, 1.54) is 0 Å². The molecule has 0 aliphatic heterocycles. The maximum absolute atomic E-state index is 12.2. The number of benzene rings is 1. The average molecular weight is 260 g/mol. The Morgan fingerprint density at radius 1 is 1.16 bits per heavy atom. The molecule has 1 aliphatic rings. The smallest absolute Gasteiger partial charge is 0.253 e. The Bertz CT molecular complexity index is 499. The Balaban J connectivity index is 2.15. The van der Waals surface area contributed by atoms with E-state index < -0.39 is 0 Å². The van der Waals surface area contributed by atoms with E-state index >= 15 is 0 Å². The zero-order valence-electron chi connectivity index (χ0n) is 11.6. The van der Waals surface area contributed by atoms with E-state index in [9.17, 15) is 9.59 Å². The summed E-state index contributed by atoms with van der Waals surface area (Å²) in [6, 6.07) is 7.10. The van der Waals surface area contributed by atoms with Crippen LogP contribution >= 0.6 is 0 Å². The van der Waals surface area contributed by atoms with Crippen molar-refractivity contribution in [2.45, 2.75) is 39.2 Å². The SMILES string of the molecule is CC(C)(C)NC(=O)c1ccccc1NC(=O)C1CC1. The normalized spacial score (nSPS) is 14.9. The molecule has 0 saturated heterocycles. The van der Waals surface area contributed by atoms with Crippen molar-refractivity contribution >= 4 is 17.5 Å². The van der Waals surface area contributed by atoms with Gasteiger partial charge in [0, 0.05) is 11.5 Å². The van der Waals surface area contributed by atoms with Crippen molar-refractivity contribution in [3.8, 4) is 0 Å². The van der Waals surface area contributed by atoms with Crippen LogP contribution < -0.4 is 10.6 Å². The van der Waals surface area contributed by atoms with Crippen LogP contribution in [0, 0.1) is 5.92 Å². The van der Waals surface area contributed by atoms with Crippen molar-refractivity contribution < 1.29 is 9.59 Å². The third-order valence-corrected chi connectivity index (χ3v) is 2.87. The summed E-state index contributed by atoms with van der Waals surface area (Å²) >= 11 is 0. The number of para-hydroxylation sites is 1. The molecule has 1 fully saturated rings. The third-order valence-electron chi connectivity index (χ3n) is 2.87. The van der Waals surface area contributed by atoms with Crippen molar-refractivity contribution in [1.29, 1.82) is 0 Å². The van der Waals surface area contributed by atoms with Gasteiger partial charge in [-0.1, -0.05) is 12.1 Å².